The van der Waals surface area contributed by atoms with Crippen molar-refractivity contribution >= 4 is 12.4 Å². The molecule has 1 unspecified atom stereocenters. The zero-order valence-corrected chi connectivity index (χ0v) is 8.83. The predicted molar refractivity (Wildman–Crippen MR) is 52.2 cm³/mol. The summed E-state index contributed by atoms with van der Waals surface area (Å²) in [5.41, 5.74) is 4.85. The van der Waals surface area contributed by atoms with E-state index >= 15 is 0 Å². The highest BCUT2D eigenvalue weighted by Gasteiger charge is 2.21. The first-order chi connectivity index (χ1) is 6.99. The van der Waals surface area contributed by atoms with Crippen LogP contribution in [0.1, 0.15) is 18.0 Å². The Morgan fingerprint density at radius 3 is 2.19 bits per heavy atom. The molecule has 0 aromatic heterocycles. The van der Waals surface area contributed by atoms with Crippen molar-refractivity contribution in [3.63, 3.8) is 0 Å². The van der Waals surface area contributed by atoms with Gasteiger partial charge in [0.05, 0.1) is 0 Å². The second-order valence-corrected chi connectivity index (χ2v) is 3.01. The molecule has 0 saturated carbocycles. The zero-order chi connectivity index (χ0) is 11.6. The van der Waals surface area contributed by atoms with Crippen molar-refractivity contribution < 1.29 is 22.7 Å². The number of halogens is 5. The molecule has 0 spiro atoms. The lowest BCUT2D eigenvalue weighted by Gasteiger charge is -2.12. The molecule has 0 aliphatic carbocycles. The quantitative estimate of drug-likeness (QED) is 0.496. The lowest BCUT2D eigenvalue weighted by molar-refractivity contribution is 0.274. The van der Waals surface area contributed by atoms with Gasteiger partial charge in [0.2, 0.25) is 0 Å². The highest BCUT2D eigenvalue weighted by atomic mass is 35.5. The van der Waals surface area contributed by atoms with E-state index in [1.807, 2.05) is 0 Å². The van der Waals surface area contributed by atoms with E-state index in [1.165, 1.54) is 0 Å². The SMILES string of the molecule is Cl.NC(CCO)c1cc(F)c(F)c(F)c1F. The second-order valence-electron chi connectivity index (χ2n) is 3.01. The molecule has 1 rings (SSSR count). The molecule has 2 nitrogen and oxygen atoms in total. The van der Waals surface area contributed by atoms with Crippen LogP contribution < -0.4 is 5.73 Å². The summed E-state index contributed by atoms with van der Waals surface area (Å²) in [4.78, 5) is 0. The molecular weight excluding hydrogens is 250 g/mol. The van der Waals surface area contributed by atoms with Crippen LogP contribution in [0.5, 0.6) is 0 Å². The van der Waals surface area contributed by atoms with Gasteiger partial charge in [0.25, 0.3) is 0 Å². The molecule has 0 fully saturated rings. The third-order valence-corrected chi connectivity index (χ3v) is 1.97. The molecule has 0 aliphatic heterocycles. The van der Waals surface area contributed by atoms with Crippen molar-refractivity contribution in [3.8, 4) is 0 Å². The molecule has 0 bridgehead atoms. The number of aliphatic hydroxyl groups excluding tert-OH is 1. The molecule has 1 atom stereocenters. The fourth-order valence-corrected chi connectivity index (χ4v) is 1.16. The summed E-state index contributed by atoms with van der Waals surface area (Å²) in [5, 5.41) is 8.52. The summed E-state index contributed by atoms with van der Waals surface area (Å²) >= 11 is 0. The largest absolute Gasteiger partial charge is 0.396 e. The first kappa shape index (κ1) is 15.2. The lowest BCUT2D eigenvalue weighted by atomic mass is 10.0. The van der Waals surface area contributed by atoms with Gasteiger partial charge in [-0.3, -0.25) is 0 Å². The van der Waals surface area contributed by atoms with Crippen LogP contribution in [0, 0.1) is 23.3 Å². The van der Waals surface area contributed by atoms with Crippen molar-refractivity contribution in [1.29, 1.82) is 0 Å². The van der Waals surface area contributed by atoms with Gasteiger partial charge in [0.15, 0.2) is 23.3 Å². The Morgan fingerprint density at radius 2 is 1.69 bits per heavy atom. The Kier molecular flexibility index (Phi) is 5.71. The molecule has 1 aromatic rings. The summed E-state index contributed by atoms with van der Waals surface area (Å²) in [6, 6.07) is -0.576. The summed E-state index contributed by atoms with van der Waals surface area (Å²) in [6.45, 7) is -0.360. The van der Waals surface area contributed by atoms with Gasteiger partial charge in [0.1, 0.15) is 0 Å². The third-order valence-electron chi connectivity index (χ3n) is 1.97. The highest BCUT2D eigenvalue weighted by Crippen LogP contribution is 2.23. The molecule has 92 valence electrons. The standard InChI is InChI=1S/C9H9F4NO.ClH/c10-5-3-4(6(14)1-2-15)7(11)9(13)8(5)12;/h3,6,15H,1-2,14H2;1H. The van der Waals surface area contributed by atoms with E-state index in [-0.39, 0.29) is 25.4 Å². The maximum atomic E-state index is 13.1. The molecule has 1 aromatic carbocycles. The maximum Gasteiger partial charge on any atom is 0.197 e. The molecule has 7 heteroatoms. The third kappa shape index (κ3) is 2.84. The normalized spacial score (nSPS) is 12.1. The van der Waals surface area contributed by atoms with Gasteiger partial charge in [-0.2, -0.15) is 0 Å². The summed E-state index contributed by atoms with van der Waals surface area (Å²) in [6.07, 6.45) is -0.0680. The van der Waals surface area contributed by atoms with E-state index in [0.717, 1.165) is 0 Å². The number of hydrogen-bond acceptors (Lipinski definition) is 2. The van der Waals surface area contributed by atoms with Crippen LogP contribution in [0.3, 0.4) is 0 Å². The maximum absolute atomic E-state index is 13.1. The van der Waals surface area contributed by atoms with Gasteiger partial charge < -0.3 is 10.8 Å². The van der Waals surface area contributed by atoms with E-state index in [2.05, 4.69) is 0 Å². The number of hydrogen-bond donors (Lipinski definition) is 2. The minimum Gasteiger partial charge on any atom is -0.396 e. The summed E-state index contributed by atoms with van der Waals surface area (Å²) in [7, 11) is 0. The molecular formula is C9H10ClF4NO. The fourth-order valence-electron chi connectivity index (χ4n) is 1.16. The van der Waals surface area contributed by atoms with Crippen molar-refractivity contribution in [2.24, 2.45) is 5.73 Å². The second kappa shape index (κ2) is 6.03. The average Bonchev–Trinajstić information content (AvgIpc) is 2.20. The molecule has 0 saturated heterocycles. The molecule has 16 heavy (non-hydrogen) atoms. The van der Waals surface area contributed by atoms with Gasteiger partial charge >= 0.3 is 0 Å². The fraction of sp³-hybridized carbons (Fsp3) is 0.333. The Labute approximate surface area is 95.5 Å². The highest BCUT2D eigenvalue weighted by molar-refractivity contribution is 5.85. The number of benzene rings is 1. The van der Waals surface area contributed by atoms with Crippen molar-refractivity contribution in [2.75, 3.05) is 6.61 Å². The van der Waals surface area contributed by atoms with Gasteiger partial charge in [-0.05, 0) is 12.5 Å². The smallest absolute Gasteiger partial charge is 0.197 e. The number of rotatable bonds is 3. The first-order valence-electron chi connectivity index (χ1n) is 4.18. The van der Waals surface area contributed by atoms with Crippen molar-refractivity contribution in [1.82, 2.24) is 0 Å². The average molecular weight is 260 g/mol. The Morgan fingerprint density at radius 1 is 1.12 bits per heavy atom. The Hall–Kier alpha value is -0.850. The number of aliphatic hydroxyl groups is 1. The van der Waals surface area contributed by atoms with Crippen LogP contribution >= 0.6 is 12.4 Å². The van der Waals surface area contributed by atoms with Crippen LogP contribution in [0.4, 0.5) is 17.6 Å². The van der Waals surface area contributed by atoms with E-state index < -0.39 is 34.9 Å². The molecule has 0 radical (unpaired) electrons. The van der Waals surface area contributed by atoms with Gasteiger partial charge in [0, 0.05) is 18.2 Å². The molecule has 0 aliphatic rings. The van der Waals surface area contributed by atoms with Crippen LogP contribution in [0.25, 0.3) is 0 Å². The van der Waals surface area contributed by atoms with Gasteiger partial charge in [-0.1, -0.05) is 0 Å². The zero-order valence-electron chi connectivity index (χ0n) is 8.01. The van der Waals surface area contributed by atoms with Crippen LogP contribution in [-0.2, 0) is 0 Å². The van der Waals surface area contributed by atoms with Crippen molar-refractivity contribution in [2.45, 2.75) is 12.5 Å². The molecule has 0 amide bonds. The summed E-state index contributed by atoms with van der Waals surface area (Å²) < 4.78 is 51.1. The Balaban J connectivity index is 0.00000225. The van der Waals surface area contributed by atoms with Crippen LogP contribution in [0.15, 0.2) is 6.07 Å². The first-order valence-corrected chi connectivity index (χ1v) is 4.18. The van der Waals surface area contributed by atoms with Crippen LogP contribution in [0.2, 0.25) is 0 Å². The van der Waals surface area contributed by atoms with E-state index in [1.54, 1.807) is 0 Å². The van der Waals surface area contributed by atoms with E-state index in [9.17, 15) is 17.6 Å². The minimum atomic E-state index is -1.89. The summed E-state index contributed by atoms with van der Waals surface area (Å²) in [5.74, 6) is -6.78. The lowest BCUT2D eigenvalue weighted by Crippen LogP contribution is -2.16. The monoisotopic (exact) mass is 259 g/mol. The van der Waals surface area contributed by atoms with Gasteiger partial charge in [-0.25, -0.2) is 17.6 Å². The topological polar surface area (TPSA) is 46.2 Å². The molecule has 0 heterocycles. The van der Waals surface area contributed by atoms with E-state index in [4.69, 9.17) is 10.8 Å². The Bertz CT molecular complexity index is 375. The number of nitrogens with two attached hydrogens (primary N) is 1. The van der Waals surface area contributed by atoms with E-state index in [0.29, 0.717) is 6.07 Å². The minimum absolute atomic E-state index is 0. The predicted octanol–water partition coefficient (Wildman–Crippen LogP) is 2.05. The van der Waals surface area contributed by atoms with Crippen LogP contribution in [-0.4, -0.2) is 11.7 Å². The van der Waals surface area contributed by atoms with Gasteiger partial charge in [-0.15, -0.1) is 12.4 Å². The molecule has 3 N–H and O–H groups in total. The van der Waals surface area contributed by atoms with Crippen molar-refractivity contribution in [3.05, 3.63) is 34.9 Å².